The van der Waals surface area contributed by atoms with Gasteiger partial charge in [-0.05, 0) is 24.5 Å². The summed E-state index contributed by atoms with van der Waals surface area (Å²) >= 11 is 0. The van der Waals surface area contributed by atoms with E-state index >= 15 is 0 Å². The van der Waals surface area contributed by atoms with Crippen molar-refractivity contribution in [3.05, 3.63) is 30.3 Å². The van der Waals surface area contributed by atoms with Gasteiger partial charge in [0.25, 0.3) is 0 Å². The first kappa shape index (κ1) is 15.2. The molecule has 0 aromatic heterocycles. The third-order valence-corrected chi connectivity index (χ3v) is 2.56. The van der Waals surface area contributed by atoms with Crippen LogP contribution in [0.1, 0.15) is 20.3 Å². The number of carbonyl (C=O) groups is 1. The topological polar surface area (TPSA) is 44.7 Å². The molecule has 0 atom stereocenters. The smallest absolute Gasteiger partial charge is 0.321 e. The number of amides is 2. The van der Waals surface area contributed by atoms with Crippen molar-refractivity contribution in [3.63, 3.8) is 0 Å². The molecule has 0 spiro atoms. The second-order valence-electron chi connectivity index (χ2n) is 4.87. The summed E-state index contributed by atoms with van der Waals surface area (Å²) in [5, 5.41) is 2.85. The summed E-state index contributed by atoms with van der Waals surface area (Å²) in [6.07, 6.45) is 2.83. The van der Waals surface area contributed by atoms with Crippen molar-refractivity contribution in [2.24, 2.45) is 10.9 Å². The maximum atomic E-state index is 11.9. The van der Waals surface area contributed by atoms with Gasteiger partial charge in [0.15, 0.2) is 0 Å². The highest BCUT2D eigenvalue weighted by atomic mass is 16.2. The van der Waals surface area contributed by atoms with E-state index in [-0.39, 0.29) is 6.03 Å². The van der Waals surface area contributed by atoms with E-state index in [1.54, 1.807) is 11.9 Å². The molecule has 0 saturated carbocycles. The summed E-state index contributed by atoms with van der Waals surface area (Å²) in [5.41, 5.74) is 0.817. The first-order chi connectivity index (χ1) is 9.09. The lowest BCUT2D eigenvalue weighted by Crippen LogP contribution is -2.32. The van der Waals surface area contributed by atoms with Gasteiger partial charge in [0.1, 0.15) is 0 Å². The third-order valence-electron chi connectivity index (χ3n) is 2.56. The molecule has 0 radical (unpaired) electrons. The molecule has 1 rings (SSSR count). The molecule has 4 nitrogen and oxygen atoms in total. The minimum atomic E-state index is -0.0842. The van der Waals surface area contributed by atoms with E-state index in [0.717, 1.165) is 18.7 Å². The standard InChI is InChI=1S/C15H23N3O/c1-13(2)12-16-10-7-11-18(3)15(19)17-14-8-5-4-6-9-14/h4-6,8-9,12-13H,7,10-11H2,1-3H3,(H,17,19). The number of urea groups is 1. The molecule has 19 heavy (non-hydrogen) atoms. The van der Waals surface area contributed by atoms with Crippen LogP contribution in [0.4, 0.5) is 10.5 Å². The normalized spacial score (nSPS) is 10.9. The van der Waals surface area contributed by atoms with Crippen LogP contribution in [0.3, 0.4) is 0 Å². The van der Waals surface area contributed by atoms with Gasteiger partial charge in [-0.25, -0.2) is 4.79 Å². The molecule has 0 aliphatic carbocycles. The van der Waals surface area contributed by atoms with Crippen LogP contribution in [0, 0.1) is 5.92 Å². The van der Waals surface area contributed by atoms with Crippen LogP contribution in [-0.4, -0.2) is 37.3 Å². The Kier molecular flexibility index (Phi) is 6.64. The fraction of sp³-hybridized carbons (Fsp3) is 0.467. The lowest BCUT2D eigenvalue weighted by atomic mass is 10.2. The van der Waals surface area contributed by atoms with Crippen molar-refractivity contribution in [1.29, 1.82) is 0 Å². The molecule has 0 aliphatic heterocycles. The van der Waals surface area contributed by atoms with Crippen molar-refractivity contribution in [3.8, 4) is 0 Å². The molecule has 0 saturated heterocycles. The molecule has 0 heterocycles. The third kappa shape index (κ3) is 6.60. The highest BCUT2D eigenvalue weighted by molar-refractivity contribution is 5.89. The van der Waals surface area contributed by atoms with E-state index in [1.807, 2.05) is 36.5 Å². The summed E-state index contributed by atoms with van der Waals surface area (Å²) in [4.78, 5) is 17.8. The Morgan fingerprint density at radius 2 is 2.05 bits per heavy atom. The summed E-state index contributed by atoms with van der Waals surface area (Å²) < 4.78 is 0. The maximum Gasteiger partial charge on any atom is 0.321 e. The number of aliphatic imine (C=N–C) groups is 1. The Balaban J connectivity index is 2.26. The zero-order chi connectivity index (χ0) is 14.1. The maximum absolute atomic E-state index is 11.9. The number of anilines is 1. The highest BCUT2D eigenvalue weighted by Crippen LogP contribution is 2.06. The van der Waals surface area contributed by atoms with Crippen molar-refractivity contribution >= 4 is 17.9 Å². The quantitative estimate of drug-likeness (QED) is 0.620. The van der Waals surface area contributed by atoms with Gasteiger partial charge >= 0.3 is 6.03 Å². The first-order valence-electron chi connectivity index (χ1n) is 6.66. The number of nitrogens with one attached hydrogen (secondary N) is 1. The fourth-order valence-corrected chi connectivity index (χ4v) is 1.53. The van der Waals surface area contributed by atoms with Crippen molar-refractivity contribution in [2.75, 3.05) is 25.5 Å². The van der Waals surface area contributed by atoms with Gasteiger partial charge in [0.05, 0.1) is 0 Å². The van der Waals surface area contributed by atoms with Crippen LogP contribution in [0.25, 0.3) is 0 Å². The molecule has 104 valence electrons. The van der Waals surface area contributed by atoms with Crippen LogP contribution in [0.2, 0.25) is 0 Å². The number of benzene rings is 1. The van der Waals surface area contributed by atoms with Crippen LogP contribution in [0.5, 0.6) is 0 Å². The van der Waals surface area contributed by atoms with Gasteiger partial charge < -0.3 is 10.2 Å². The average Bonchev–Trinajstić information content (AvgIpc) is 2.38. The SMILES string of the molecule is CC(C)C=NCCCN(C)C(=O)Nc1ccccc1. The Morgan fingerprint density at radius 1 is 1.37 bits per heavy atom. The number of hydrogen-bond donors (Lipinski definition) is 1. The lowest BCUT2D eigenvalue weighted by molar-refractivity contribution is 0.222. The zero-order valence-electron chi connectivity index (χ0n) is 12.0. The van der Waals surface area contributed by atoms with Crippen molar-refractivity contribution in [2.45, 2.75) is 20.3 Å². The second-order valence-corrected chi connectivity index (χ2v) is 4.87. The number of para-hydroxylation sites is 1. The molecule has 0 aliphatic rings. The summed E-state index contributed by atoms with van der Waals surface area (Å²) in [6, 6.07) is 9.38. The summed E-state index contributed by atoms with van der Waals surface area (Å²) in [5.74, 6) is 0.485. The predicted octanol–water partition coefficient (Wildman–Crippen LogP) is 3.27. The largest absolute Gasteiger partial charge is 0.328 e. The van der Waals surface area contributed by atoms with Gasteiger partial charge in [0.2, 0.25) is 0 Å². The highest BCUT2D eigenvalue weighted by Gasteiger charge is 2.07. The first-order valence-corrected chi connectivity index (χ1v) is 6.66. The molecule has 4 heteroatoms. The Labute approximate surface area is 115 Å². The molecular formula is C15H23N3O. The number of carbonyl (C=O) groups excluding carboxylic acids is 1. The Morgan fingerprint density at radius 3 is 2.68 bits per heavy atom. The van der Waals surface area contributed by atoms with Crippen LogP contribution >= 0.6 is 0 Å². The van der Waals surface area contributed by atoms with E-state index in [2.05, 4.69) is 24.2 Å². The fourth-order valence-electron chi connectivity index (χ4n) is 1.53. The van der Waals surface area contributed by atoms with E-state index in [1.165, 1.54) is 0 Å². The molecule has 1 aromatic rings. The summed E-state index contributed by atoms with van der Waals surface area (Å²) in [6.45, 7) is 5.67. The molecule has 2 amide bonds. The monoisotopic (exact) mass is 261 g/mol. The van der Waals surface area contributed by atoms with E-state index in [0.29, 0.717) is 12.5 Å². The van der Waals surface area contributed by atoms with Crippen molar-refractivity contribution in [1.82, 2.24) is 4.90 Å². The van der Waals surface area contributed by atoms with Crippen LogP contribution < -0.4 is 5.32 Å². The van der Waals surface area contributed by atoms with Gasteiger partial charge in [-0.3, -0.25) is 4.99 Å². The Bertz CT molecular complexity index is 401. The number of nitrogens with zero attached hydrogens (tertiary/aromatic N) is 2. The van der Waals surface area contributed by atoms with Crippen LogP contribution in [-0.2, 0) is 0 Å². The van der Waals surface area contributed by atoms with E-state index < -0.39 is 0 Å². The summed E-state index contributed by atoms with van der Waals surface area (Å²) in [7, 11) is 1.80. The van der Waals surface area contributed by atoms with Crippen LogP contribution in [0.15, 0.2) is 35.3 Å². The zero-order valence-corrected chi connectivity index (χ0v) is 12.0. The molecule has 1 aromatic carbocycles. The van der Waals surface area contributed by atoms with Crippen molar-refractivity contribution < 1.29 is 4.79 Å². The van der Waals surface area contributed by atoms with Gasteiger partial charge in [-0.15, -0.1) is 0 Å². The molecule has 1 N–H and O–H groups in total. The number of rotatable bonds is 6. The molecule has 0 fully saturated rings. The molecule has 0 unspecified atom stereocenters. The van der Waals surface area contributed by atoms with E-state index in [4.69, 9.17) is 0 Å². The second kappa shape index (κ2) is 8.29. The molecular weight excluding hydrogens is 238 g/mol. The number of hydrogen-bond acceptors (Lipinski definition) is 2. The minimum absolute atomic E-state index is 0.0842. The molecule has 0 bridgehead atoms. The van der Waals surface area contributed by atoms with Gasteiger partial charge in [-0.2, -0.15) is 0 Å². The Hall–Kier alpha value is -1.84. The van der Waals surface area contributed by atoms with E-state index in [9.17, 15) is 4.79 Å². The van der Waals surface area contributed by atoms with Gasteiger partial charge in [-0.1, -0.05) is 32.0 Å². The van der Waals surface area contributed by atoms with Gasteiger partial charge in [0, 0.05) is 32.0 Å². The average molecular weight is 261 g/mol. The minimum Gasteiger partial charge on any atom is -0.328 e. The lowest BCUT2D eigenvalue weighted by Gasteiger charge is -2.17. The predicted molar refractivity (Wildman–Crippen MR) is 80.9 cm³/mol.